The summed E-state index contributed by atoms with van der Waals surface area (Å²) >= 11 is 8.12. The van der Waals surface area contributed by atoms with Gasteiger partial charge in [-0.3, -0.25) is 19.2 Å². The fourth-order valence-electron chi connectivity index (χ4n) is 5.17. The number of para-hydroxylation sites is 1. The van der Waals surface area contributed by atoms with E-state index in [9.17, 15) is 32.3 Å². The normalized spacial score (nSPS) is 19.6. The number of hydrogen-bond donors (Lipinski definition) is 2. The van der Waals surface area contributed by atoms with Gasteiger partial charge >= 0.3 is 11.0 Å². The number of carbonyl (C=O) groups excluding carboxylic acids is 3. The highest BCUT2D eigenvalue weighted by molar-refractivity contribution is 8.00. The number of anilines is 2. The van der Waals surface area contributed by atoms with E-state index in [0.717, 1.165) is 40.1 Å². The van der Waals surface area contributed by atoms with Gasteiger partial charge in [0.1, 0.15) is 11.0 Å². The summed E-state index contributed by atoms with van der Waals surface area (Å²) < 4.78 is 45.2. The summed E-state index contributed by atoms with van der Waals surface area (Å²) in [4.78, 5) is 56.1. The predicted octanol–water partition coefficient (Wildman–Crippen LogP) is 5.92. The number of fused-ring (bicyclic) bond motifs is 2. The number of carbonyl (C=O) groups is 3. The van der Waals surface area contributed by atoms with Crippen LogP contribution in [0.4, 0.5) is 24.5 Å². The average Bonchev–Trinajstić information content (AvgIpc) is 3.46. The maximum atomic E-state index is 13.8. The summed E-state index contributed by atoms with van der Waals surface area (Å²) in [6.07, 6.45) is -4.64. The van der Waals surface area contributed by atoms with Crippen molar-refractivity contribution < 1.29 is 32.3 Å². The molecule has 0 saturated carbocycles. The number of rotatable bonds is 6. The summed E-state index contributed by atoms with van der Waals surface area (Å²) in [6, 6.07) is 17.4. The highest BCUT2D eigenvalue weighted by atomic mass is 35.5. The van der Waals surface area contributed by atoms with E-state index in [1.54, 1.807) is 48.5 Å². The number of aromatic amines is 1. The van der Waals surface area contributed by atoms with Crippen LogP contribution in [0.3, 0.4) is 0 Å². The zero-order valence-electron chi connectivity index (χ0n) is 21.7. The Labute approximate surface area is 254 Å². The number of ether oxygens (including phenoxy) is 1. The van der Waals surface area contributed by atoms with Crippen LogP contribution in [0.15, 0.2) is 82.6 Å². The lowest BCUT2D eigenvalue weighted by molar-refractivity contribution is -0.137. The van der Waals surface area contributed by atoms with E-state index in [0.29, 0.717) is 26.2 Å². The lowest BCUT2D eigenvalue weighted by atomic mass is 9.83. The number of imide groups is 1. The number of nitrogens with zero attached hydrogens (tertiary/aromatic N) is 1. The van der Waals surface area contributed by atoms with E-state index < -0.39 is 53.2 Å². The molecule has 0 aliphatic carbocycles. The molecule has 2 aliphatic rings. The van der Waals surface area contributed by atoms with Gasteiger partial charge in [-0.2, -0.15) is 13.2 Å². The van der Waals surface area contributed by atoms with Crippen LogP contribution in [0.2, 0.25) is 5.02 Å². The van der Waals surface area contributed by atoms with Gasteiger partial charge < -0.3 is 15.0 Å². The van der Waals surface area contributed by atoms with Crippen molar-refractivity contribution in [3.63, 3.8) is 0 Å². The first-order valence-electron chi connectivity index (χ1n) is 12.7. The molecular formula is C29H19ClF3N3O5S2. The van der Waals surface area contributed by atoms with Crippen LogP contribution in [-0.2, 0) is 20.6 Å². The second-order valence-corrected chi connectivity index (χ2v) is 12.3. The van der Waals surface area contributed by atoms with E-state index in [-0.39, 0.29) is 16.3 Å². The minimum absolute atomic E-state index is 0.254. The molecule has 220 valence electrons. The van der Waals surface area contributed by atoms with Crippen LogP contribution >= 0.6 is 34.7 Å². The number of hydrogen-bond acceptors (Lipinski definition) is 7. The molecule has 2 aliphatic heterocycles. The first kappa shape index (κ1) is 29.0. The van der Waals surface area contributed by atoms with Crippen LogP contribution in [0.1, 0.15) is 21.9 Å². The first-order valence-corrected chi connectivity index (χ1v) is 14.8. The second-order valence-electron chi connectivity index (χ2n) is 9.69. The van der Waals surface area contributed by atoms with Gasteiger partial charge in [0.15, 0.2) is 6.61 Å². The molecule has 14 heteroatoms. The van der Waals surface area contributed by atoms with Crippen molar-refractivity contribution in [2.45, 2.75) is 22.4 Å². The lowest BCUT2D eigenvalue weighted by Gasteiger charge is -2.29. The molecule has 3 amide bonds. The summed E-state index contributed by atoms with van der Waals surface area (Å²) in [5, 5.41) is 2.43. The average molecular weight is 646 g/mol. The van der Waals surface area contributed by atoms with Crippen LogP contribution in [0.5, 0.6) is 5.75 Å². The summed E-state index contributed by atoms with van der Waals surface area (Å²) in [7, 11) is 0. The van der Waals surface area contributed by atoms with Crippen LogP contribution in [0.25, 0.3) is 0 Å². The Morgan fingerprint density at radius 1 is 0.977 bits per heavy atom. The molecule has 4 aromatic rings. The van der Waals surface area contributed by atoms with E-state index in [4.69, 9.17) is 16.3 Å². The van der Waals surface area contributed by atoms with Crippen LogP contribution < -0.4 is 19.8 Å². The first-order chi connectivity index (χ1) is 20.5. The molecule has 0 spiro atoms. The highest BCUT2D eigenvalue weighted by Crippen LogP contribution is 2.53. The zero-order valence-corrected chi connectivity index (χ0v) is 24.1. The van der Waals surface area contributed by atoms with Gasteiger partial charge in [-0.05, 0) is 54.1 Å². The van der Waals surface area contributed by atoms with Crippen molar-refractivity contribution in [1.29, 1.82) is 0 Å². The molecule has 8 nitrogen and oxygen atoms in total. The van der Waals surface area contributed by atoms with E-state index in [1.807, 2.05) is 0 Å². The number of nitrogens with one attached hydrogen (secondary N) is 2. The zero-order chi connectivity index (χ0) is 30.5. The Balaban J connectivity index is 1.22. The molecule has 0 bridgehead atoms. The smallest absolute Gasteiger partial charge is 0.418 e. The lowest BCUT2D eigenvalue weighted by Crippen LogP contribution is -2.32. The SMILES string of the molecule is O=C(COc1ccc([C@H]2c3sc(=O)[nH]c3SC3C(=O)N(c4ccc(Cl)cc4)C(=O)C32)cc1)Nc1ccccc1C(F)(F)F. The predicted molar refractivity (Wildman–Crippen MR) is 156 cm³/mol. The molecule has 0 radical (unpaired) electrons. The number of halogens is 4. The van der Waals surface area contributed by atoms with Crippen molar-refractivity contribution in [2.75, 3.05) is 16.8 Å². The van der Waals surface area contributed by atoms with Gasteiger partial charge in [0, 0.05) is 15.8 Å². The van der Waals surface area contributed by atoms with Gasteiger partial charge in [0.2, 0.25) is 11.8 Å². The third-order valence-electron chi connectivity index (χ3n) is 7.02. The monoisotopic (exact) mass is 645 g/mol. The molecule has 3 atom stereocenters. The van der Waals surface area contributed by atoms with E-state index >= 15 is 0 Å². The maximum absolute atomic E-state index is 13.8. The minimum Gasteiger partial charge on any atom is -0.484 e. The Kier molecular flexibility index (Phi) is 7.57. The van der Waals surface area contributed by atoms with Gasteiger partial charge in [-0.25, -0.2) is 4.90 Å². The number of amides is 3. The van der Waals surface area contributed by atoms with E-state index in [1.165, 1.54) is 12.1 Å². The van der Waals surface area contributed by atoms with Crippen molar-refractivity contribution in [2.24, 2.45) is 5.92 Å². The van der Waals surface area contributed by atoms with Crippen LogP contribution in [0, 0.1) is 5.92 Å². The molecule has 3 heterocycles. The minimum atomic E-state index is -4.64. The highest BCUT2D eigenvalue weighted by Gasteiger charge is 2.56. The fourth-order valence-corrected chi connectivity index (χ4v) is 7.81. The quantitative estimate of drug-likeness (QED) is 0.252. The van der Waals surface area contributed by atoms with Crippen molar-refractivity contribution in [1.82, 2.24) is 4.98 Å². The summed E-state index contributed by atoms with van der Waals surface area (Å²) in [6.45, 7) is -0.553. The molecule has 3 aromatic carbocycles. The van der Waals surface area contributed by atoms with Gasteiger partial charge in [0.05, 0.1) is 27.9 Å². The molecule has 2 unspecified atom stereocenters. The van der Waals surface area contributed by atoms with Gasteiger partial charge in [0.25, 0.3) is 5.91 Å². The topological polar surface area (TPSA) is 109 Å². The Morgan fingerprint density at radius 2 is 1.67 bits per heavy atom. The van der Waals surface area contributed by atoms with Gasteiger partial charge in [-0.1, -0.05) is 59.0 Å². The number of thiazole rings is 1. The van der Waals surface area contributed by atoms with Crippen molar-refractivity contribution in [3.05, 3.63) is 103 Å². The molecule has 1 aromatic heterocycles. The second kappa shape index (κ2) is 11.2. The molecule has 1 fully saturated rings. The maximum Gasteiger partial charge on any atom is 0.418 e. The number of alkyl halides is 3. The van der Waals surface area contributed by atoms with Crippen molar-refractivity contribution >= 4 is 63.8 Å². The largest absolute Gasteiger partial charge is 0.484 e. The van der Waals surface area contributed by atoms with E-state index in [2.05, 4.69) is 10.3 Å². The summed E-state index contributed by atoms with van der Waals surface area (Å²) in [5.41, 5.74) is -0.322. The standard InChI is InChI=1S/C29H19ClF3N3O5S2/c30-15-7-9-16(10-8-15)36-26(38)22-21(23-25(35-28(40)43-23)42-24(22)27(36)39)14-5-11-17(12-6-14)41-13-20(37)34-19-4-2-1-3-18(19)29(31,32)33/h1-12,21-22,24H,13H2,(H,34,37)(H,35,40)/t21-,22?,24?/m1/s1. The fraction of sp³-hybridized carbons (Fsp3) is 0.172. The number of aromatic nitrogens is 1. The Morgan fingerprint density at radius 3 is 2.37 bits per heavy atom. The van der Waals surface area contributed by atoms with Crippen molar-refractivity contribution in [3.8, 4) is 5.75 Å². The number of H-pyrrole nitrogens is 1. The number of thioether (sulfide) groups is 1. The van der Waals surface area contributed by atoms with Crippen LogP contribution in [-0.4, -0.2) is 34.6 Å². The molecule has 1 saturated heterocycles. The molecular weight excluding hydrogens is 627 g/mol. The Hall–Kier alpha value is -4.07. The third kappa shape index (κ3) is 5.55. The molecule has 6 rings (SSSR count). The number of benzene rings is 3. The third-order valence-corrected chi connectivity index (χ3v) is 9.68. The summed E-state index contributed by atoms with van der Waals surface area (Å²) in [5.74, 6) is -2.75. The molecule has 2 N–H and O–H groups in total. The Bertz CT molecular complexity index is 1790. The van der Waals surface area contributed by atoms with Gasteiger partial charge in [-0.15, -0.1) is 0 Å². The molecule has 43 heavy (non-hydrogen) atoms.